The van der Waals surface area contributed by atoms with Crippen LogP contribution in [0.25, 0.3) is 0 Å². The van der Waals surface area contributed by atoms with Crippen LogP contribution >= 0.6 is 0 Å². The van der Waals surface area contributed by atoms with Crippen LogP contribution in [0.15, 0.2) is 24.3 Å². The maximum atomic E-state index is 12.2. The topological polar surface area (TPSA) is 49.9 Å². The minimum Gasteiger partial charge on any atom is -0.491 e. The van der Waals surface area contributed by atoms with Crippen molar-refractivity contribution in [2.75, 3.05) is 33.3 Å². The second-order valence-electron chi connectivity index (χ2n) is 6.66. The lowest BCUT2D eigenvalue weighted by atomic mass is 10.2. The molecule has 0 bridgehead atoms. The molecule has 0 aliphatic carbocycles. The van der Waals surface area contributed by atoms with Crippen LogP contribution in [0.4, 0.5) is 0 Å². The Morgan fingerprint density at radius 3 is 2.19 bits per heavy atom. The van der Waals surface area contributed by atoms with Gasteiger partial charge in [-0.15, -0.1) is 0 Å². The second kappa shape index (κ2) is 12.3. The first kappa shape index (κ1) is 22.0. The number of benzene rings is 1. The van der Waals surface area contributed by atoms with Gasteiger partial charge in [0.25, 0.3) is 0 Å². The average molecular weight is 363 g/mol. The fourth-order valence-corrected chi connectivity index (χ4v) is 2.78. The highest BCUT2D eigenvalue weighted by atomic mass is 16.5. The Balaban J connectivity index is 2.27. The molecule has 0 unspecified atom stereocenters. The molecule has 5 heteroatoms. The largest absolute Gasteiger partial charge is 0.491 e. The maximum Gasteiger partial charge on any atom is 0.222 e. The summed E-state index contributed by atoms with van der Waals surface area (Å²) >= 11 is 0. The van der Waals surface area contributed by atoms with Crippen molar-refractivity contribution in [3.05, 3.63) is 29.8 Å². The first-order valence-electron chi connectivity index (χ1n) is 9.69. The molecule has 5 nitrogen and oxygen atoms in total. The number of carbonyl (C=O) groups is 2. The molecular weight excluding hydrogens is 328 g/mol. The van der Waals surface area contributed by atoms with Gasteiger partial charge < -0.3 is 14.5 Å². The minimum atomic E-state index is 0.0590. The van der Waals surface area contributed by atoms with Gasteiger partial charge >= 0.3 is 0 Å². The molecule has 0 saturated carbocycles. The zero-order valence-electron chi connectivity index (χ0n) is 16.8. The predicted octanol–water partition coefficient (Wildman–Crippen LogP) is 3.65. The number of likely N-dealkylation sites (N-methyl/N-ethyl adjacent to an activating group) is 1. The molecule has 146 valence electrons. The summed E-state index contributed by atoms with van der Waals surface area (Å²) in [7, 11) is 1.78. The Kier molecular flexibility index (Phi) is 10.4. The third-order valence-electron chi connectivity index (χ3n) is 4.32. The molecule has 0 heterocycles. The Bertz CT molecular complexity index is 554. The summed E-state index contributed by atoms with van der Waals surface area (Å²) in [6.45, 7) is 8.77. The van der Waals surface area contributed by atoms with Crippen molar-refractivity contribution in [3.8, 4) is 5.75 Å². The lowest BCUT2D eigenvalue weighted by molar-refractivity contribution is -0.132. The number of amides is 2. The standard InChI is InChI=1S/C21H34N2O3/c1-5-14-23(15-6-2)21(25)13-9-12-20(24)22(4)16-17-26-19-11-8-7-10-18(19)3/h7-8,10-11H,5-6,9,12-17H2,1-4H3. The predicted molar refractivity (Wildman–Crippen MR) is 105 cm³/mol. The monoisotopic (exact) mass is 362 g/mol. The molecule has 0 aliphatic rings. The molecule has 1 aromatic carbocycles. The lowest BCUT2D eigenvalue weighted by Gasteiger charge is -2.22. The fraction of sp³-hybridized carbons (Fsp3) is 0.619. The Morgan fingerprint density at radius 1 is 0.962 bits per heavy atom. The van der Waals surface area contributed by atoms with E-state index in [-0.39, 0.29) is 11.8 Å². The molecule has 0 fully saturated rings. The van der Waals surface area contributed by atoms with E-state index in [2.05, 4.69) is 13.8 Å². The molecule has 0 atom stereocenters. The molecule has 0 N–H and O–H groups in total. The van der Waals surface area contributed by atoms with Crippen LogP contribution < -0.4 is 4.74 Å². The summed E-state index contributed by atoms with van der Waals surface area (Å²) in [6.07, 6.45) is 3.38. The van der Waals surface area contributed by atoms with Crippen molar-refractivity contribution in [3.63, 3.8) is 0 Å². The second-order valence-corrected chi connectivity index (χ2v) is 6.66. The van der Waals surface area contributed by atoms with E-state index >= 15 is 0 Å². The normalized spacial score (nSPS) is 10.5. The van der Waals surface area contributed by atoms with Crippen molar-refractivity contribution >= 4 is 11.8 Å². The highest BCUT2D eigenvalue weighted by Crippen LogP contribution is 2.15. The smallest absolute Gasteiger partial charge is 0.222 e. The number of para-hydroxylation sites is 1. The molecule has 0 spiro atoms. The van der Waals surface area contributed by atoms with Crippen LogP contribution in [0.2, 0.25) is 0 Å². The van der Waals surface area contributed by atoms with Crippen molar-refractivity contribution in [1.82, 2.24) is 9.80 Å². The van der Waals surface area contributed by atoms with E-state index in [4.69, 9.17) is 4.74 Å². The number of nitrogens with zero attached hydrogens (tertiary/aromatic N) is 2. The van der Waals surface area contributed by atoms with Crippen LogP contribution in [0.5, 0.6) is 5.75 Å². The molecule has 0 aromatic heterocycles. The average Bonchev–Trinajstić information content (AvgIpc) is 2.62. The zero-order valence-corrected chi connectivity index (χ0v) is 16.8. The summed E-state index contributed by atoms with van der Waals surface area (Å²) < 4.78 is 5.73. The van der Waals surface area contributed by atoms with Gasteiger partial charge in [-0.1, -0.05) is 32.0 Å². The summed E-state index contributed by atoms with van der Waals surface area (Å²) in [5.74, 6) is 1.07. The van der Waals surface area contributed by atoms with Gasteiger partial charge in [-0.3, -0.25) is 9.59 Å². The molecular formula is C21H34N2O3. The summed E-state index contributed by atoms with van der Waals surface area (Å²) in [4.78, 5) is 28.0. The molecule has 0 radical (unpaired) electrons. The number of hydrogen-bond donors (Lipinski definition) is 0. The fourth-order valence-electron chi connectivity index (χ4n) is 2.78. The molecule has 0 saturated heterocycles. The molecule has 0 aliphatic heterocycles. The lowest BCUT2D eigenvalue weighted by Crippen LogP contribution is -2.33. The van der Waals surface area contributed by atoms with Crippen molar-refractivity contribution in [2.45, 2.75) is 52.9 Å². The van der Waals surface area contributed by atoms with Gasteiger partial charge in [-0.05, 0) is 37.8 Å². The van der Waals surface area contributed by atoms with Crippen molar-refractivity contribution in [1.29, 1.82) is 0 Å². The molecule has 2 amide bonds. The number of hydrogen-bond acceptors (Lipinski definition) is 3. The minimum absolute atomic E-state index is 0.0590. The van der Waals surface area contributed by atoms with Crippen LogP contribution in [0.3, 0.4) is 0 Å². The van der Waals surface area contributed by atoms with Gasteiger partial charge in [0.15, 0.2) is 0 Å². The van der Waals surface area contributed by atoms with Crippen LogP contribution in [-0.4, -0.2) is 54.9 Å². The third kappa shape index (κ3) is 7.89. The number of rotatable bonds is 12. The first-order valence-corrected chi connectivity index (χ1v) is 9.69. The summed E-state index contributed by atoms with van der Waals surface area (Å²) in [6, 6.07) is 7.85. The van der Waals surface area contributed by atoms with E-state index in [0.29, 0.717) is 32.4 Å². The Morgan fingerprint density at radius 2 is 1.58 bits per heavy atom. The van der Waals surface area contributed by atoms with Gasteiger partial charge in [-0.25, -0.2) is 0 Å². The summed E-state index contributed by atoms with van der Waals surface area (Å²) in [5, 5.41) is 0. The van der Waals surface area contributed by atoms with Crippen LogP contribution in [-0.2, 0) is 9.59 Å². The van der Waals surface area contributed by atoms with Crippen LogP contribution in [0, 0.1) is 6.92 Å². The third-order valence-corrected chi connectivity index (χ3v) is 4.32. The van der Waals surface area contributed by atoms with E-state index in [0.717, 1.165) is 37.2 Å². The highest BCUT2D eigenvalue weighted by Gasteiger charge is 2.14. The van der Waals surface area contributed by atoms with Gasteiger partial charge in [0.05, 0.1) is 6.54 Å². The van der Waals surface area contributed by atoms with Gasteiger partial charge in [0.1, 0.15) is 12.4 Å². The van der Waals surface area contributed by atoms with E-state index in [9.17, 15) is 9.59 Å². The maximum absolute atomic E-state index is 12.2. The molecule has 1 rings (SSSR count). The Labute approximate surface area is 158 Å². The van der Waals surface area contributed by atoms with Gasteiger partial charge in [0.2, 0.25) is 11.8 Å². The molecule has 26 heavy (non-hydrogen) atoms. The SMILES string of the molecule is CCCN(CCC)C(=O)CCCC(=O)N(C)CCOc1ccccc1C. The first-order chi connectivity index (χ1) is 12.5. The molecule has 1 aromatic rings. The zero-order chi connectivity index (χ0) is 19.4. The van der Waals surface area contributed by atoms with Crippen molar-refractivity contribution < 1.29 is 14.3 Å². The summed E-state index contributed by atoms with van der Waals surface area (Å²) in [5.41, 5.74) is 1.09. The number of aryl methyl sites for hydroxylation is 1. The van der Waals surface area contributed by atoms with E-state index in [1.54, 1.807) is 11.9 Å². The van der Waals surface area contributed by atoms with E-state index < -0.39 is 0 Å². The van der Waals surface area contributed by atoms with E-state index in [1.165, 1.54) is 0 Å². The quantitative estimate of drug-likeness (QED) is 0.570. The number of ether oxygens (including phenoxy) is 1. The van der Waals surface area contributed by atoms with E-state index in [1.807, 2.05) is 36.1 Å². The Hall–Kier alpha value is -2.04. The van der Waals surface area contributed by atoms with Gasteiger partial charge in [0, 0.05) is 33.0 Å². The van der Waals surface area contributed by atoms with Gasteiger partial charge in [-0.2, -0.15) is 0 Å². The van der Waals surface area contributed by atoms with Crippen molar-refractivity contribution in [2.24, 2.45) is 0 Å². The number of carbonyl (C=O) groups excluding carboxylic acids is 2. The highest BCUT2D eigenvalue weighted by molar-refractivity contribution is 5.78. The van der Waals surface area contributed by atoms with Crippen LogP contribution in [0.1, 0.15) is 51.5 Å².